The largest absolute Gasteiger partial charge is 0.466 e. The van der Waals surface area contributed by atoms with Gasteiger partial charge in [-0.25, -0.2) is 0 Å². The minimum Gasteiger partial charge on any atom is -0.466 e. The summed E-state index contributed by atoms with van der Waals surface area (Å²) in [4.78, 5) is 25.0. The van der Waals surface area contributed by atoms with E-state index in [1.54, 1.807) is 6.08 Å². The van der Waals surface area contributed by atoms with E-state index in [-0.39, 0.29) is 18.5 Å². The summed E-state index contributed by atoms with van der Waals surface area (Å²) in [6, 6.07) is -0.834. The second-order valence-electron chi connectivity index (χ2n) is 21.7. The van der Waals surface area contributed by atoms with Gasteiger partial charge in [0.25, 0.3) is 0 Å². The van der Waals surface area contributed by atoms with E-state index >= 15 is 0 Å². The minimum absolute atomic E-state index is 0.00567. The van der Waals surface area contributed by atoms with Crippen molar-refractivity contribution < 1.29 is 49.3 Å². The predicted octanol–water partition coefficient (Wildman–Crippen LogP) is 15.0. The number of ether oxygens (including phenoxy) is 3. The van der Waals surface area contributed by atoms with E-state index in [9.17, 15) is 35.1 Å². The number of hydrogen-bond acceptors (Lipinski definition) is 10. The number of unbranched alkanes of at least 4 members (excludes halogenated alkanes) is 33. The molecule has 7 unspecified atom stereocenters. The molecule has 1 saturated heterocycles. The fourth-order valence-corrected chi connectivity index (χ4v) is 9.63. The molecule has 76 heavy (non-hydrogen) atoms. The SMILES string of the molecule is C/C=C/CC/C=C/CC/C=C/C(O)C(COC1OC(CO)C(O)C(O)C1O)NC(=O)CCCCCCCCCCCCCC/C=C\CCCCCCCCCCCCCCOC(=O)CCCCCCC/C=C\CCCC. The molecule has 0 saturated carbocycles. The van der Waals surface area contributed by atoms with Gasteiger partial charge in [0.15, 0.2) is 6.29 Å². The zero-order valence-electron chi connectivity index (χ0n) is 48.7. The van der Waals surface area contributed by atoms with Gasteiger partial charge in [0, 0.05) is 12.8 Å². The molecule has 0 radical (unpaired) electrons. The highest BCUT2D eigenvalue weighted by molar-refractivity contribution is 5.76. The maximum Gasteiger partial charge on any atom is 0.305 e. The summed E-state index contributed by atoms with van der Waals surface area (Å²) in [6.45, 7) is 4.05. The van der Waals surface area contributed by atoms with Gasteiger partial charge in [-0.15, -0.1) is 0 Å². The number of allylic oxidation sites excluding steroid dienone is 9. The molecule has 6 N–H and O–H groups in total. The van der Waals surface area contributed by atoms with E-state index in [1.165, 1.54) is 186 Å². The summed E-state index contributed by atoms with van der Waals surface area (Å²) in [5.74, 6) is -0.206. The van der Waals surface area contributed by atoms with Crippen LogP contribution in [0.4, 0.5) is 0 Å². The fourth-order valence-electron chi connectivity index (χ4n) is 9.63. The Morgan fingerprint density at radius 3 is 1.38 bits per heavy atom. The van der Waals surface area contributed by atoms with Crippen LogP contribution in [0.1, 0.15) is 277 Å². The first-order valence-electron chi connectivity index (χ1n) is 31.5. The van der Waals surface area contributed by atoms with Crippen molar-refractivity contribution in [3.63, 3.8) is 0 Å². The third kappa shape index (κ3) is 43.3. The number of aliphatic hydroxyl groups is 5. The number of nitrogens with one attached hydrogen (secondary N) is 1. The number of carbonyl (C=O) groups is 2. The van der Waals surface area contributed by atoms with Gasteiger partial charge in [-0.1, -0.05) is 228 Å². The second-order valence-corrected chi connectivity index (χ2v) is 21.7. The topological polar surface area (TPSA) is 175 Å². The van der Waals surface area contributed by atoms with Crippen molar-refractivity contribution in [2.75, 3.05) is 19.8 Å². The van der Waals surface area contributed by atoms with Gasteiger partial charge in [0.05, 0.1) is 32.0 Å². The van der Waals surface area contributed by atoms with E-state index in [0.717, 1.165) is 64.2 Å². The summed E-state index contributed by atoms with van der Waals surface area (Å²) in [6.07, 6.45) is 60.9. The van der Waals surface area contributed by atoms with Crippen LogP contribution in [-0.4, -0.2) is 100 Å². The summed E-state index contributed by atoms with van der Waals surface area (Å²) < 4.78 is 16.6. The number of carbonyl (C=O) groups excluding carboxylic acids is 2. The molecule has 1 aliphatic rings. The van der Waals surface area contributed by atoms with Gasteiger partial charge >= 0.3 is 5.97 Å². The third-order valence-electron chi connectivity index (χ3n) is 14.6. The van der Waals surface area contributed by atoms with Crippen molar-refractivity contribution in [2.45, 2.75) is 320 Å². The monoisotopic (exact) mass is 1070 g/mol. The lowest BCUT2D eigenvalue weighted by atomic mass is 9.99. The highest BCUT2D eigenvalue weighted by atomic mass is 16.7. The van der Waals surface area contributed by atoms with Gasteiger partial charge in [-0.05, 0) is 96.8 Å². The van der Waals surface area contributed by atoms with Crippen LogP contribution in [0.15, 0.2) is 60.8 Å². The summed E-state index contributed by atoms with van der Waals surface area (Å²) in [5.41, 5.74) is 0. The van der Waals surface area contributed by atoms with Crippen molar-refractivity contribution >= 4 is 11.9 Å². The Morgan fingerprint density at radius 1 is 0.500 bits per heavy atom. The first-order chi connectivity index (χ1) is 37.2. The number of esters is 1. The highest BCUT2D eigenvalue weighted by Gasteiger charge is 2.44. The van der Waals surface area contributed by atoms with E-state index in [1.807, 2.05) is 19.1 Å². The Bertz CT molecular complexity index is 1450. The van der Waals surface area contributed by atoms with E-state index in [2.05, 4.69) is 54.8 Å². The van der Waals surface area contributed by atoms with Crippen LogP contribution < -0.4 is 5.32 Å². The molecular formula is C65H117NO10. The smallest absolute Gasteiger partial charge is 0.305 e. The molecule has 0 aromatic heterocycles. The van der Waals surface area contributed by atoms with Gasteiger partial charge in [-0.3, -0.25) is 9.59 Å². The van der Waals surface area contributed by atoms with E-state index in [4.69, 9.17) is 14.2 Å². The van der Waals surface area contributed by atoms with Crippen LogP contribution in [0, 0.1) is 0 Å². The minimum atomic E-state index is -1.58. The second kappa shape index (κ2) is 54.3. The molecule has 1 aliphatic heterocycles. The lowest BCUT2D eigenvalue weighted by Crippen LogP contribution is -2.60. The highest BCUT2D eigenvalue weighted by Crippen LogP contribution is 2.23. The summed E-state index contributed by atoms with van der Waals surface area (Å²) >= 11 is 0. The Kier molecular flexibility index (Phi) is 51.0. The fraction of sp³-hybridized carbons (Fsp3) is 0.815. The first kappa shape index (κ1) is 71.4. The van der Waals surface area contributed by atoms with Gasteiger partial charge in [-0.2, -0.15) is 0 Å². The Labute approximate surface area is 465 Å². The van der Waals surface area contributed by atoms with Crippen molar-refractivity contribution in [2.24, 2.45) is 0 Å². The summed E-state index contributed by atoms with van der Waals surface area (Å²) in [7, 11) is 0. The third-order valence-corrected chi connectivity index (χ3v) is 14.6. The number of hydrogen-bond donors (Lipinski definition) is 6. The number of rotatable bonds is 54. The molecule has 0 aromatic rings. The lowest BCUT2D eigenvalue weighted by molar-refractivity contribution is -0.302. The van der Waals surface area contributed by atoms with Crippen molar-refractivity contribution in [1.82, 2.24) is 5.32 Å². The van der Waals surface area contributed by atoms with Crippen LogP contribution in [0.25, 0.3) is 0 Å². The molecule has 1 amide bonds. The molecular weight excluding hydrogens is 955 g/mol. The van der Waals surface area contributed by atoms with Crippen molar-refractivity contribution in [3.8, 4) is 0 Å². The molecule has 11 nitrogen and oxygen atoms in total. The van der Waals surface area contributed by atoms with Crippen LogP contribution in [0.5, 0.6) is 0 Å². The Hall–Kier alpha value is -2.64. The quantitative estimate of drug-likeness (QED) is 0.0195. The van der Waals surface area contributed by atoms with Crippen LogP contribution >= 0.6 is 0 Å². The van der Waals surface area contributed by atoms with Crippen LogP contribution in [0.2, 0.25) is 0 Å². The average Bonchev–Trinajstić information content (AvgIpc) is 3.42. The average molecular weight is 1070 g/mol. The van der Waals surface area contributed by atoms with Crippen LogP contribution in [-0.2, 0) is 23.8 Å². The summed E-state index contributed by atoms with van der Waals surface area (Å²) in [5, 5.41) is 54.2. The van der Waals surface area contributed by atoms with Gasteiger partial charge in [0.2, 0.25) is 5.91 Å². The molecule has 1 rings (SSSR count). The van der Waals surface area contributed by atoms with Gasteiger partial charge < -0.3 is 45.1 Å². The Balaban J connectivity index is 1.97. The molecule has 11 heteroatoms. The van der Waals surface area contributed by atoms with Crippen LogP contribution in [0.3, 0.4) is 0 Å². The normalized spacial score (nSPS) is 19.1. The van der Waals surface area contributed by atoms with E-state index < -0.39 is 49.5 Å². The molecule has 0 aromatic carbocycles. The molecule has 1 heterocycles. The lowest BCUT2D eigenvalue weighted by Gasteiger charge is -2.40. The molecule has 0 bridgehead atoms. The standard InChI is InChI=1S/C65H117NO10/c1-3-5-7-9-11-13-32-37-41-45-49-53-61(70)74-54-50-46-42-38-34-31-29-27-25-23-21-19-17-15-14-16-18-20-22-24-26-28-30-33-36-40-44-48-52-60(69)66-57(58(68)51-47-43-39-35-12-10-8-6-4-2)56-75-65-64(73)63(72)62(71)59(55-67)76-65/h4,6,9,11-12,14-15,35,47,51,57-59,62-65,67-68,71-73H,3,5,7-8,10,13,16-34,36-46,48-50,52-56H2,1-2H3,(H,66,69)/b6-4+,11-9-,15-14-,35-12+,51-47+. The molecule has 1 fully saturated rings. The van der Waals surface area contributed by atoms with Crippen molar-refractivity contribution in [1.29, 1.82) is 0 Å². The molecule has 442 valence electrons. The number of aliphatic hydroxyl groups excluding tert-OH is 5. The number of amides is 1. The predicted molar refractivity (Wildman–Crippen MR) is 315 cm³/mol. The maximum atomic E-state index is 13.0. The van der Waals surface area contributed by atoms with Gasteiger partial charge in [0.1, 0.15) is 24.4 Å². The first-order valence-corrected chi connectivity index (χ1v) is 31.5. The van der Waals surface area contributed by atoms with E-state index in [0.29, 0.717) is 19.4 Å². The zero-order valence-corrected chi connectivity index (χ0v) is 48.7. The molecule has 0 aliphatic carbocycles. The molecule has 0 spiro atoms. The zero-order chi connectivity index (χ0) is 55.2. The Morgan fingerprint density at radius 2 is 0.908 bits per heavy atom. The molecule has 7 atom stereocenters. The maximum absolute atomic E-state index is 13.0. The van der Waals surface area contributed by atoms with Crippen molar-refractivity contribution in [3.05, 3.63) is 60.8 Å².